The van der Waals surface area contributed by atoms with Gasteiger partial charge in [-0.2, -0.15) is 0 Å². The van der Waals surface area contributed by atoms with Gasteiger partial charge in [0.2, 0.25) is 0 Å². The van der Waals surface area contributed by atoms with Crippen molar-refractivity contribution in [3.63, 3.8) is 0 Å². The van der Waals surface area contributed by atoms with Gasteiger partial charge in [-0.15, -0.1) is 0 Å². The summed E-state index contributed by atoms with van der Waals surface area (Å²) < 4.78 is 11.4. The standard InChI is InChI=1S/C17H24N2O3/c1-11(2)21-10-14-13-7-5-6-8-15(13)22-16(14)17(20)19-9-12(3)18-4/h5-8,11-12,18H,9-10H2,1-4H3,(H,19,20). The van der Waals surface area contributed by atoms with Crippen molar-refractivity contribution in [3.8, 4) is 0 Å². The molecule has 0 bridgehead atoms. The van der Waals surface area contributed by atoms with E-state index in [2.05, 4.69) is 10.6 Å². The van der Waals surface area contributed by atoms with Crippen molar-refractivity contribution in [1.29, 1.82) is 0 Å². The van der Waals surface area contributed by atoms with Gasteiger partial charge < -0.3 is 19.8 Å². The maximum Gasteiger partial charge on any atom is 0.287 e. The van der Waals surface area contributed by atoms with Crippen LogP contribution < -0.4 is 10.6 Å². The van der Waals surface area contributed by atoms with Crippen molar-refractivity contribution in [2.45, 2.75) is 39.5 Å². The second-order valence-electron chi connectivity index (χ2n) is 5.67. The molecule has 2 rings (SSSR count). The number of carbonyl (C=O) groups is 1. The molecule has 0 saturated carbocycles. The number of rotatable bonds is 7. The first-order chi connectivity index (χ1) is 10.5. The number of para-hydroxylation sites is 1. The Hall–Kier alpha value is -1.85. The molecular weight excluding hydrogens is 280 g/mol. The molecule has 1 amide bonds. The van der Waals surface area contributed by atoms with Crippen molar-refractivity contribution in [2.24, 2.45) is 0 Å². The fraction of sp³-hybridized carbons (Fsp3) is 0.471. The van der Waals surface area contributed by atoms with E-state index in [1.54, 1.807) is 0 Å². The van der Waals surface area contributed by atoms with Gasteiger partial charge in [0.05, 0.1) is 12.7 Å². The molecule has 0 aliphatic rings. The molecule has 22 heavy (non-hydrogen) atoms. The Morgan fingerprint density at radius 1 is 1.27 bits per heavy atom. The SMILES string of the molecule is CNC(C)CNC(=O)c1oc2ccccc2c1COC(C)C. The molecule has 0 spiro atoms. The summed E-state index contributed by atoms with van der Waals surface area (Å²) in [7, 11) is 1.86. The Morgan fingerprint density at radius 2 is 2.00 bits per heavy atom. The third kappa shape index (κ3) is 3.87. The molecule has 120 valence electrons. The number of benzene rings is 1. The lowest BCUT2D eigenvalue weighted by atomic mass is 10.1. The number of furan rings is 1. The van der Waals surface area contributed by atoms with Gasteiger partial charge in [-0.25, -0.2) is 0 Å². The van der Waals surface area contributed by atoms with Crippen LogP contribution >= 0.6 is 0 Å². The number of carbonyl (C=O) groups excluding carboxylic acids is 1. The Morgan fingerprint density at radius 3 is 2.68 bits per heavy atom. The van der Waals surface area contributed by atoms with Crippen LogP contribution in [0.15, 0.2) is 28.7 Å². The number of ether oxygens (including phenoxy) is 1. The average Bonchev–Trinajstić information content (AvgIpc) is 2.88. The molecule has 0 fully saturated rings. The smallest absolute Gasteiger partial charge is 0.287 e. The van der Waals surface area contributed by atoms with E-state index in [-0.39, 0.29) is 18.1 Å². The van der Waals surface area contributed by atoms with Crippen LogP contribution in [0.3, 0.4) is 0 Å². The van der Waals surface area contributed by atoms with E-state index < -0.39 is 0 Å². The summed E-state index contributed by atoms with van der Waals surface area (Å²) in [6.07, 6.45) is 0.0916. The van der Waals surface area contributed by atoms with Crippen LogP contribution in [0.25, 0.3) is 11.0 Å². The van der Waals surface area contributed by atoms with Gasteiger partial charge in [-0.05, 0) is 33.9 Å². The molecule has 1 aromatic carbocycles. The molecule has 5 nitrogen and oxygen atoms in total. The highest BCUT2D eigenvalue weighted by molar-refractivity contribution is 5.99. The molecule has 0 aliphatic carbocycles. The van der Waals surface area contributed by atoms with Gasteiger partial charge in [0.25, 0.3) is 5.91 Å². The average molecular weight is 304 g/mol. The first-order valence-electron chi connectivity index (χ1n) is 7.60. The van der Waals surface area contributed by atoms with Crippen molar-refractivity contribution in [2.75, 3.05) is 13.6 Å². The lowest BCUT2D eigenvalue weighted by Crippen LogP contribution is -2.37. The quantitative estimate of drug-likeness (QED) is 0.825. The number of fused-ring (bicyclic) bond motifs is 1. The minimum absolute atomic E-state index is 0.0916. The molecular formula is C17H24N2O3. The number of hydrogen-bond donors (Lipinski definition) is 2. The number of nitrogens with one attached hydrogen (secondary N) is 2. The lowest BCUT2D eigenvalue weighted by Gasteiger charge is -2.11. The number of amides is 1. The van der Waals surface area contributed by atoms with E-state index in [0.717, 1.165) is 10.9 Å². The summed E-state index contributed by atoms with van der Waals surface area (Å²) in [4.78, 5) is 12.4. The molecule has 2 aromatic rings. The van der Waals surface area contributed by atoms with Crippen molar-refractivity contribution in [3.05, 3.63) is 35.6 Å². The monoisotopic (exact) mass is 304 g/mol. The van der Waals surface area contributed by atoms with Crippen molar-refractivity contribution >= 4 is 16.9 Å². The highest BCUT2D eigenvalue weighted by Crippen LogP contribution is 2.26. The molecule has 1 unspecified atom stereocenters. The Labute approximate surface area is 131 Å². The van der Waals surface area contributed by atoms with Gasteiger partial charge in [0.15, 0.2) is 5.76 Å². The van der Waals surface area contributed by atoms with Gasteiger partial charge in [0.1, 0.15) is 5.58 Å². The zero-order chi connectivity index (χ0) is 16.1. The van der Waals surface area contributed by atoms with Gasteiger partial charge in [0, 0.05) is 23.5 Å². The molecule has 0 aliphatic heterocycles. The highest BCUT2D eigenvalue weighted by atomic mass is 16.5. The predicted molar refractivity (Wildman–Crippen MR) is 87.0 cm³/mol. The fourth-order valence-electron chi connectivity index (χ4n) is 2.10. The number of likely N-dealkylation sites (N-methyl/N-ethyl adjacent to an activating group) is 1. The van der Waals surface area contributed by atoms with Crippen LogP contribution in [0.2, 0.25) is 0 Å². The van der Waals surface area contributed by atoms with Crippen LogP contribution in [-0.2, 0) is 11.3 Å². The second kappa shape index (κ2) is 7.42. The topological polar surface area (TPSA) is 63.5 Å². The van der Waals surface area contributed by atoms with Gasteiger partial charge in [-0.1, -0.05) is 18.2 Å². The summed E-state index contributed by atoms with van der Waals surface area (Å²) >= 11 is 0. The highest BCUT2D eigenvalue weighted by Gasteiger charge is 2.21. The molecule has 1 aromatic heterocycles. The first kappa shape index (κ1) is 16.5. The van der Waals surface area contributed by atoms with Crippen LogP contribution in [0, 0.1) is 0 Å². The summed E-state index contributed by atoms with van der Waals surface area (Å²) in [6, 6.07) is 7.83. The van der Waals surface area contributed by atoms with Crippen LogP contribution in [0.5, 0.6) is 0 Å². The summed E-state index contributed by atoms with van der Waals surface area (Å²) in [6.45, 7) is 6.84. The largest absolute Gasteiger partial charge is 0.451 e. The maximum absolute atomic E-state index is 12.4. The summed E-state index contributed by atoms with van der Waals surface area (Å²) in [5, 5.41) is 6.90. The molecule has 2 N–H and O–H groups in total. The lowest BCUT2D eigenvalue weighted by molar-refractivity contribution is 0.0643. The normalized spacial score (nSPS) is 12.8. The third-order valence-electron chi connectivity index (χ3n) is 3.53. The third-order valence-corrected chi connectivity index (χ3v) is 3.53. The van der Waals surface area contributed by atoms with Crippen molar-refractivity contribution in [1.82, 2.24) is 10.6 Å². The summed E-state index contributed by atoms with van der Waals surface area (Å²) in [5.74, 6) is 0.130. The second-order valence-corrected chi connectivity index (χ2v) is 5.67. The Bertz CT molecular complexity index is 634. The van der Waals surface area contributed by atoms with Crippen molar-refractivity contribution < 1.29 is 13.9 Å². The summed E-state index contributed by atoms with van der Waals surface area (Å²) in [5.41, 5.74) is 1.51. The zero-order valence-electron chi connectivity index (χ0n) is 13.6. The molecule has 1 atom stereocenters. The van der Waals surface area contributed by atoms with E-state index in [1.165, 1.54) is 0 Å². The van der Waals surface area contributed by atoms with E-state index >= 15 is 0 Å². The predicted octanol–water partition coefficient (Wildman–Crippen LogP) is 2.70. The van der Waals surface area contributed by atoms with Gasteiger partial charge >= 0.3 is 0 Å². The maximum atomic E-state index is 12.4. The fourth-order valence-corrected chi connectivity index (χ4v) is 2.10. The molecule has 0 radical (unpaired) electrons. The molecule has 1 heterocycles. The van der Waals surface area contributed by atoms with Crippen LogP contribution in [-0.4, -0.2) is 31.6 Å². The van der Waals surface area contributed by atoms with E-state index in [9.17, 15) is 4.79 Å². The first-order valence-corrected chi connectivity index (χ1v) is 7.60. The Kier molecular flexibility index (Phi) is 5.57. The van der Waals surface area contributed by atoms with E-state index in [4.69, 9.17) is 9.15 Å². The van der Waals surface area contributed by atoms with Gasteiger partial charge in [-0.3, -0.25) is 4.79 Å². The van der Waals surface area contributed by atoms with E-state index in [1.807, 2.05) is 52.1 Å². The molecule has 0 saturated heterocycles. The van der Waals surface area contributed by atoms with Crippen LogP contribution in [0.1, 0.15) is 36.9 Å². The Balaban J connectivity index is 2.26. The van der Waals surface area contributed by atoms with Crippen LogP contribution in [0.4, 0.5) is 0 Å². The number of hydrogen-bond acceptors (Lipinski definition) is 4. The zero-order valence-corrected chi connectivity index (χ0v) is 13.6. The minimum atomic E-state index is -0.208. The van der Waals surface area contributed by atoms with E-state index in [0.29, 0.717) is 24.5 Å². The minimum Gasteiger partial charge on any atom is -0.451 e. The molecule has 5 heteroatoms.